The molecule has 0 aliphatic carbocycles. The fourth-order valence-electron chi connectivity index (χ4n) is 3.33. The van der Waals surface area contributed by atoms with E-state index in [0.29, 0.717) is 12.0 Å². The monoisotopic (exact) mass is 292 g/mol. The molecule has 3 heterocycles. The zero-order valence-corrected chi connectivity index (χ0v) is 13.1. The molecule has 0 aromatic carbocycles. The van der Waals surface area contributed by atoms with Crippen molar-refractivity contribution in [3.63, 3.8) is 0 Å². The van der Waals surface area contributed by atoms with Crippen molar-refractivity contribution in [1.29, 1.82) is 0 Å². The average molecular weight is 292 g/mol. The van der Waals surface area contributed by atoms with Crippen LogP contribution in [0.5, 0.6) is 0 Å². The Morgan fingerprint density at radius 2 is 1.90 bits per heavy atom. The summed E-state index contributed by atoms with van der Waals surface area (Å²) < 4.78 is 6.17. The highest BCUT2D eigenvalue weighted by Gasteiger charge is 2.24. The third-order valence-corrected chi connectivity index (χ3v) is 4.80. The molecule has 3 aliphatic rings. The van der Waals surface area contributed by atoms with Gasteiger partial charge in [-0.2, -0.15) is 0 Å². The van der Waals surface area contributed by atoms with Gasteiger partial charge in [0.1, 0.15) is 6.10 Å². The zero-order valence-electron chi connectivity index (χ0n) is 13.1. The molecule has 0 radical (unpaired) electrons. The summed E-state index contributed by atoms with van der Waals surface area (Å²) in [5.74, 6) is 1.46. The van der Waals surface area contributed by atoms with Crippen LogP contribution in [0.4, 0.5) is 0 Å². The van der Waals surface area contributed by atoms with Crippen molar-refractivity contribution >= 4 is 6.21 Å². The average Bonchev–Trinajstić information content (AvgIpc) is 2.53. The molecule has 118 valence electrons. The molecule has 0 spiro atoms. The molecule has 1 unspecified atom stereocenters. The molecule has 3 aliphatic heterocycles. The number of hydrogen-bond donors (Lipinski definition) is 2. The first-order valence-corrected chi connectivity index (χ1v) is 8.36. The highest BCUT2D eigenvalue weighted by atomic mass is 16.5. The number of hydrogen-bond acceptors (Lipinski definition) is 5. The number of nitrogens with zero attached hydrogens (tertiary/aromatic N) is 2. The van der Waals surface area contributed by atoms with E-state index in [-0.39, 0.29) is 0 Å². The quantitative estimate of drug-likeness (QED) is 0.811. The lowest BCUT2D eigenvalue weighted by atomic mass is 9.94. The lowest BCUT2D eigenvalue weighted by Gasteiger charge is -2.33. The molecule has 1 atom stereocenters. The minimum absolute atomic E-state index is 0.339. The third kappa shape index (κ3) is 4.05. The van der Waals surface area contributed by atoms with Crippen molar-refractivity contribution in [1.82, 2.24) is 15.5 Å². The van der Waals surface area contributed by atoms with Gasteiger partial charge in [-0.1, -0.05) is 0 Å². The van der Waals surface area contributed by atoms with Gasteiger partial charge < -0.3 is 20.3 Å². The van der Waals surface area contributed by atoms with E-state index in [1.165, 1.54) is 5.57 Å². The lowest BCUT2D eigenvalue weighted by Crippen LogP contribution is -2.45. The summed E-state index contributed by atoms with van der Waals surface area (Å²) in [6.07, 6.45) is 5.63. The summed E-state index contributed by atoms with van der Waals surface area (Å²) in [6, 6.07) is 0. The highest BCUT2D eigenvalue weighted by molar-refractivity contribution is 5.61. The van der Waals surface area contributed by atoms with Gasteiger partial charge >= 0.3 is 0 Å². The third-order valence-electron chi connectivity index (χ3n) is 4.80. The predicted molar refractivity (Wildman–Crippen MR) is 85.6 cm³/mol. The van der Waals surface area contributed by atoms with Crippen molar-refractivity contribution in [3.8, 4) is 0 Å². The van der Waals surface area contributed by atoms with Gasteiger partial charge in [-0.25, -0.2) is 4.99 Å². The van der Waals surface area contributed by atoms with Crippen LogP contribution in [-0.4, -0.2) is 63.0 Å². The van der Waals surface area contributed by atoms with E-state index in [9.17, 15) is 0 Å². The number of ether oxygens (including phenoxy) is 1. The smallest absolute Gasteiger partial charge is 0.212 e. The molecule has 2 fully saturated rings. The number of piperazine rings is 1. The lowest BCUT2D eigenvalue weighted by molar-refractivity contribution is 0.0816. The first-order valence-electron chi connectivity index (χ1n) is 8.36. The first-order chi connectivity index (χ1) is 10.3. The van der Waals surface area contributed by atoms with E-state index < -0.39 is 0 Å². The van der Waals surface area contributed by atoms with Gasteiger partial charge in [0.05, 0.1) is 0 Å². The van der Waals surface area contributed by atoms with E-state index >= 15 is 0 Å². The summed E-state index contributed by atoms with van der Waals surface area (Å²) in [5.41, 5.74) is 1.34. The molecule has 5 nitrogen and oxygen atoms in total. The van der Waals surface area contributed by atoms with Crippen molar-refractivity contribution in [2.24, 2.45) is 10.9 Å². The van der Waals surface area contributed by atoms with Gasteiger partial charge in [0.2, 0.25) is 5.88 Å². The van der Waals surface area contributed by atoms with Crippen molar-refractivity contribution in [3.05, 3.63) is 11.5 Å². The van der Waals surface area contributed by atoms with Crippen LogP contribution in [-0.2, 0) is 4.74 Å². The molecule has 0 aromatic heterocycles. The van der Waals surface area contributed by atoms with E-state index in [1.807, 2.05) is 0 Å². The van der Waals surface area contributed by atoms with Crippen LogP contribution < -0.4 is 10.6 Å². The molecule has 0 saturated carbocycles. The summed E-state index contributed by atoms with van der Waals surface area (Å²) in [5, 5.41) is 6.79. The standard InChI is InChI=1S/C16H28N4O/c1-13-14(12-20-10-8-18-9-11-20)2-7-19-16(13)21-15-3-5-17-6-4-15/h7,14-15,17-18H,2-6,8-12H2,1H3. The van der Waals surface area contributed by atoms with Gasteiger partial charge in [0.25, 0.3) is 0 Å². The highest BCUT2D eigenvalue weighted by Crippen LogP contribution is 2.27. The summed E-state index contributed by atoms with van der Waals surface area (Å²) in [4.78, 5) is 7.09. The molecule has 2 saturated heterocycles. The van der Waals surface area contributed by atoms with Crippen molar-refractivity contribution in [2.75, 3.05) is 45.8 Å². The van der Waals surface area contributed by atoms with Crippen LogP contribution in [0.25, 0.3) is 0 Å². The Morgan fingerprint density at radius 1 is 1.19 bits per heavy atom. The molecule has 3 rings (SSSR count). The summed E-state index contributed by atoms with van der Waals surface area (Å²) in [7, 11) is 0. The van der Waals surface area contributed by atoms with Gasteiger partial charge in [0, 0.05) is 44.9 Å². The second-order valence-corrected chi connectivity index (χ2v) is 6.35. The number of piperidine rings is 1. The summed E-state index contributed by atoms with van der Waals surface area (Å²) >= 11 is 0. The van der Waals surface area contributed by atoms with E-state index in [2.05, 4.69) is 33.7 Å². The minimum atomic E-state index is 0.339. The maximum Gasteiger partial charge on any atom is 0.212 e. The normalized spacial score (nSPS) is 28.9. The molecular weight excluding hydrogens is 264 g/mol. The maximum absolute atomic E-state index is 6.17. The molecule has 21 heavy (non-hydrogen) atoms. The van der Waals surface area contributed by atoms with Gasteiger partial charge in [-0.15, -0.1) is 0 Å². The van der Waals surface area contributed by atoms with E-state index in [0.717, 1.165) is 71.0 Å². The Hall–Kier alpha value is -0.910. The first kappa shape index (κ1) is 15.0. The number of rotatable bonds is 4. The largest absolute Gasteiger partial charge is 0.474 e. The molecule has 0 aromatic rings. The van der Waals surface area contributed by atoms with Gasteiger partial charge in [-0.05, 0) is 44.8 Å². The molecule has 5 heteroatoms. The summed E-state index contributed by atoms with van der Waals surface area (Å²) in [6.45, 7) is 10.0. The molecule has 2 N–H and O–H groups in total. The maximum atomic E-state index is 6.17. The minimum Gasteiger partial charge on any atom is -0.474 e. The fourth-order valence-corrected chi connectivity index (χ4v) is 3.33. The second-order valence-electron chi connectivity index (χ2n) is 6.35. The Kier molecular flexibility index (Phi) is 5.27. The van der Waals surface area contributed by atoms with Crippen LogP contribution in [0.15, 0.2) is 16.4 Å². The van der Waals surface area contributed by atoms with Gasteiger partial charge in [-0.3, -0.25) is 0 Å². The topological polar surface area (TPSA) is 48.9 Å². The Bertz CT molecular complexity index is 395. The van der Waals surface area contributed by atoms with Crippen LogP contribution >= 0.6 is 0 Å². The van der Waals surface area contributed by atoms with Crippen LogP contribution in [0, 0.1) is 5.92 Å². The Morgan fingerprint density at radius 3 is 2.67 bits per heavy atom. The van der Waals surface area contributed by atoms with E-state index in [1.54, 1.807) is 0 Å². The predicted octanol–water partition coefficient (Wildman–Crippen LogP) is 0.982. The Balaban J connectivity index is 1.58. The van der Waals surface area contributed by atoms with Crippen LogP contribution in [0.3, 0.4) is 0 Å². The SMILES string of the molecule is CC1=C(OC2CCNCC2)N=CCC1CN1CCNCC1. The van der Waals surface area contributed by atoms with Crippen molar-refractivity contribution < 1.29 is 4.74 Å². The molecule has 0 amide bonds. The number of nitrogens with one attached hydrogen (secondary N) is 2. The molecular formula is C16H28N4O. The van der Waals surface area contributed by atoms with Gasteiger partial charge in [0.15, 0.2) is 0 Å². The molecule has 0 bridgehead atoms. The number of aliphatic imine (C=N–C) groups is 1. The van der Waals surface area contributed by atoms with Crippen LogP contribution in [0.2, 0.25) is 0 Å². The zero-order chi connectivity index (χ0) is 14.5. The Labute approximate surface area is 127 Å². The van der Waals surface area contributed by atoms with E-state index in [4.69, 9.17) is 4.74 Å². The second kappa shape index (κ2) is 7.38. The fraction of sp³-hybridized carbons (Fsp3) is 0.812. The van der Waals surface area contributed by atoms with Crippen molar-refractivity contribution in [2.45, 2.75) is 32.3 Å². The van der Waals surface area contributed by atoms with Crippen LogP contribution in [0.1, 0.15) is 26.2 Å².